The molecule has 0 fully saturated rings. The standard InChI is InChI=1S/C9H14N2O2/c1-7(2)11-6-8(5-10-11)3-4-9(12)13/h5-7H,3-4H2,1-2H3,(H,12,13). The van der Waals surface area contributed by atoms with E-state index in [0.29, 0.717) is 12.5 Å². The smallest absolute Gasteiger partial charge is 0.303 e. The van der Waals surface area contributed by atoms with E-state index in [1.807, 2.05) is 24.7 Å². The third-order valence-corrected chi connectivity index (χ3v) is 1.81. The van der Waals surface area contributed by atoms with Crippen LogP contribution in [-0.2, 0) is 11.2 Å². The summed E-state index contributed by atoms with van der Waals surface area (Å²) >= 11 is 0. The fourth-order valence-corrected chi connectivity index (χ4v) is 1.04. The van der Waals surface area contributed by atoms with Gasteiger partial charge in [0.05, 0.1) is 6.20 Å². The molecule has 0 spiro atoms. The van der Waals surface area contributed by atoms with E-state index in [2.05, 4.69) is 5.10 Å². The zero-order chi connectivity index (χ0) is 9.84. The van der Waals surface area contributed by atoms with Crippen LogP contribution < -0.4 is 0 Å². The van der Waals surface area contributed by atoms with E-state index in [-0.39, 0.29) is 6.42 Å². The van der Waals surface area contributed by atoms with Crippen LogP contribution in [0.3, 0.4) is 0 Å². The van der Waals surface area contributed by atoms with Gasteiger partial charge < -0.3 is 5.11 Å². The van der Waals surface area contributed by atoms with Crippen LogP contribution in [0.5, 0.6) is 0 Å². The van der Waals surface area contributed by atoms with E-state index in [9.17, 15) is 4.79 Å². The first-order chi connectivity index (χ1) is 6.09. The van der Waals surface area contributed by atoms with Gasteiger partial charge in [0.25, 0.3) is 0 Å². The number of hydrogen-bond acceptors (Lipinski definition) is 2. The minimum Gasteiger partial charge on any atom is -0.481 e. The lowest BCUT2D eigenvalue weighted by molar-refractivity contribution is -0.136. The fourth-order valence-electron chi connectivity index (χ4n) is 1.04. The van der Waals surface area contributed by atoms with E-state index in [0.717, 1.165) is 5.56 Å². The first-order valence-corrected chi connectivity index (χ1v) is 4.34. The molecule has 1 N–H and O–H groups in total. The second kappa shape index (κ2) is 4.07. The van der Waals surface area contributed by atoms with Crippen molar-refractivity contribution in [1.82, 2.24) is 9.78 Å². The highest BCUT2D eigenvalue weighted by atomic mass is 16.4. The van der Waals surface area contributed by atoms with Gasteiger partial charge in [-0.3, -0.25) is 9.48 Å². The highest BCUT2D eigenvalue weighted by Gasteiger charge is 2.03. The predicted molar refractivity (Wildman–Crippen MR) is 48.6 cm³/mol. The van der Waals surface area contributed by atoms with Crippen molar-refractivity contribution >= 4 is 5.97 Å². The zero-order valence-corrected chi connectivity index (χ0v) is 7.90. The van der Waals surface area contributed by atoms with E-state index >= 15 is 0 Å². The topological polar surface area (TPSA) is 55.1 Å². The van der Waals surface area contributed by atoms with Crippen molar-refractivity contribution in [3.05, 3.63) is 18.0 Å². The van der Waals surface area contributed by atoms with Crippen molar-refractivity contribution in [2.24, 2.45) is 0 Å². The Morgan fingerprint density at radius 3 is 2.85 bits per heavy atom. The quantitative estimate of drug-likeness (QED) is 0.767. The van der Waals surface area contributed by atoms with E-state index in [1.165, 1.54) is 0 Å². The van der Waals surface area contributed by atoms with E-state index < -0.39 is 5.97 Å². The van der Waals surface area contributed by atoms with E-state index in [1.54, 1.807) is 6.20 Å². The zero-order valence-electron chi connectivity index (χ0n) is 7.90. The number of aliphatic carboxylic acids is 1. The fraction of sp³-hybridized carbons (Fsp3) is 0.556. The Morgan fingerprint density at radius 2 is 2.38 bits per heavy atom. The summed E-state index contributed by atoms with van der Waals surface area (Å²) in [6, 6.07) is 0.332. The molecule has 0 amide bonds. The van der Waals surface area contributed by atoms with Crippen LogP contribution in [-0.4, -0.2) is 20.9 Å². The van der Waals surface area contributed by atoms with Gasteiger partial charge in [-0.1, -0.05) is 0 Å². The lowest BCUT2D eigenvalue weighted by Gasteiger charge is -2.02. The van der Waals surface area contributed by atoms with Gasteiger partial charge in [-0.25, -0.2) is 0 Å². The molecule has 0 saturated heterocycles. The Bertz CT molecular complexity index is 292. The molecule has 1 heterocycles. The maximum Gasteiger partial charge on any atom is 0.303 e. The van der Waals surface area contributed by atoms with Crippen LogP contribution in [0.15, 0.2) is 12.4 Å². The number of nitrogens with zero attached hydrogens (tertiary/aromatic N) is 2. The molecule has 0 saturated carbocycles. The second-order valence-electron chi connectivity index (χ2n) is 3.32. The van der Waals surface area contributed by atoms with Gasteiger partial charge in [0.1, 0.15) is 0 Å². The number of carboxylic acid groups (broad SMARTS) is 1. The second-order valence-corrected chi connectivity index (χ2v) is 3.32. The summed E-state index contributed by atoms with van der Waals surface area (Å²) in [6.07, 6.45) is 4.35. The maximum absolute atomic E-state index is 10.3. The third kappa shape index (κ3) is 2.89. The van der Waals surface area contributed by atoms with Crippen LogP contribution in [0.2, 0.25) is 0 Å². The summed E-state index contributed by atoms with van der Waals surface area (Å²) in [7, 11) is 0. The van der Waals surface area contributed by atoms with Crippen molar-refractivity contribution in [2.45, 2.75) is 32.7 Å². The SMILES string of the molecule is CC(C)n1cc(CCC(=O)O)cn1. The van der Waals surface area contributed by atoms with Crippen molar-refractivity contribution in [3.8, 4) is 0 Å². The molecule has 0 aliphatic rings. The molecule has 1 aromatic rings. The van der Waals surface area contributed by atoms with Crippen molar-refractivity contribution in [2.75, 3.05) is 0 Å². The summed E-state index contributed by atoms with van der Waals surface area (Å²) in [4.78, 5) is 10.3. The molecule has 0 bridgehead atoms. The molecular formula is C9H14N2O2. The maximum atomic E-state index is 10.3. The van der Waals surface area contributed by atoms with Gasteiger partial charge >= 0.3 is 5.97 Å². The Morgan fingerprint density at radius 1 is 1.69 bits per heavy atom. The van der Waals surface area contributed by atoms with Gasteiger partial charge in [-0.05, 0) is 25.8 Å². The summed E-state index contributed by atoms with van der Waals surface area (Å²) in [5, 5.41) is 12.6. The largest absolute Gasteiger partial charge is 0.481 e. The average molecular weight is 182 g/mol. The van der Waals surface area contributed by atoms with Gasteiger partial charge in [0, 0.05) is 18.7 Å². The summed E-state index contributed by atoms with van der Waals surface area (Å²) in [6.45, 7) is 4.07. The number of aryl methyl sites for hydroxylation is 1. The molecule has 0 unspecified atom stereocenters. The molecule has 4 nitrogen and oxygen atoms in total. The summed E-state index contributed by atoms with van der Waals surface area (Å²) in [5.41, 5.74) is 0.983. The molecule has 0 aromatic carbocycles. The molecule has 1 rings (SSSR count). The first kappa shape index (κ1) is 9.77. The highest BCUT2D eigenvalue weighted by Crippen LogP contribution is 2.06. The molecule has 1 aromatic heterocycles. The van der Waals surface area contributed by atoms with Crippen LogP contribution >= 0.6 is 0 Å². The molecule has 0 aliphatic heterocycles. The molecule has 0 atom stereocenters. The third-order valence-electron chi connectivity index (χ3n) is 1.81. The normalized spacial score (nSPS) is 10.7. The van der Waals surface area contributed by atoms with Crippen LogP contribution in [0, 0.1) is 0 Å². The molecule has 0 aliphatic carbocycles. The first-order valence-electron chi connectivity index (χ1n) is 4.34. The van der Waals surface area contributed by atoms with Crippen molar-refractivity contribution in [1.29, 1.82) is 0 Å². The molecule has 4 heteroatoms. The average Bonchev–Trinajstić information content (AvgIpc) is 2.48. The Labute approximate surface area is 77.2 Å². The molecule has 0 radical (unpaired) electrons. The minimum atomic E-state index is -0.766. The molecule has 13 heavy (non-hydrogen) atoms. The molecular weight excluding hydrogens is 168 g/mol. The van der Waals surface area contributed by atoms with Gasteiger partial charge in [-0.2, -0.15) is 5.10 Å². The Balaban J connectivity index is 2.54. The lowest BCUT2D eigenvalue weighted by atomic mass is 10.2. The number of carbonyl (C=O) groups is 1. The van der Waals surface area contributed by atoms with Crippen molar-refractivity contribution in [3.63, 3.8) is 0 Å². The van der Waals surface area contributed by atoms with Gasteiger partial charge in [0.2, 0.25) is 0 Å². The van der Waals surface area contributed by atoms with Gasteiger partial charge in [-0.15, -0.1) is 0 Å². The molecule has 72 valence electrons. The van der Waals surface area contributed by atoms with Crippen molar-refractivity contribution < 1.29 is 9.90 Å². The lowest BCUT2D eigenvalue weighted by Crippen LogP contribution is -2.00. The number of carboxylic acids is 1. The monoisotopic (exact) mass is 182 g/mol. The summed E-state index contributed by atoms with van der Waals surface area (Å²) < 4.78 is 1.83. The Hall–Kier alpha value is -1.32. The minimum absolute atomic E-state index is 0.170. The van der Waals surface area contributed by atoms with Crippen LogP contribution in [0.25, 0.3) is 0 Å². The summed E-state index contributed by atoms with van der Waals surface area (Å²) in [5.74, 6) is -0.766. The number of aromatic nitrogens is 2. The van der Waals surface area contributed by atoms with Crippen LogP contribution in [0.1, 0.15) is 31.9 Å². The highest BCUT2D eigenvalue weighted by molar-refractivity contribution is 5.67. The van der Waals surface area contributed by atoms with Crippen LogP contribution in [0.4, 0.5) is 0 Å². The van der Waals surface area contributed by atoms with Gasteiger partial charge in [0.15, 0.2) is 0 Å². The van der Waals surface area contributed by atoms with E-state index in [4.69, 9.17) is 5.11 Å². The number of hydrogen-bond donors (Lipinski definition) is 1. The Kier molecular flexibility index (Phi) is 3.06. The predicted octanol–water partition coefficient (Wildman–Crippen LogP) is 1.48. The number of rotatable bonds is 4.